The Morgan fingerprint density at radius 2 is 1.97 bits per heavy atom. The zero-order valence-corrected chi connectivity index (χ0v) is 17.6. The minimum absolute atomic E-state index is 0.00909. The Labute approximate surface area is 173 Å². The normalized spacial score (nSPS) is 27.9. The van der Waals surface area contributed by atoms with Crippen LogP contribution in [-0.2, 0) is 28.6 Å². The van der Waals surface area contributed by atoms with Crippen molar-refractivity contribution in [3.8, 4) is 11.8 Å². The minimum Gasteiger partial charge on any atom is -0.469 e. The molecule has 2 fully saturated rings. The highest BCUT2D eigenvalue weighted by Crippen LogP contribution is 2.46. The summed E-state index contributed by atoms with van der Waals surface area (Å²) >= 11 is 0. The summed E-state index contributed by atoms with van der Waals surface area (Å²) in [5.74, 6) is 5.46. The van der Waals surface area contributed by atoms with Crippen LogP contribution >= 0.6 is 0 Å². The van der Waals surface area contributed by atoms with E-state index in [1.807, 2.05) is 6.08 Å². The molecule has 0 bridgehead atoms. The van der Waals surface area contributed by atoms with Crippen LogP contribution in [0.3, 0.4) is 0 Å². The Balaban J connectivity index is 1.90. The maximum Gasteiger partial charge on any atom is 0.305 e. The van der Waals surface area contributed by atoms with Gasteiger partial charge in [-0.05, 0) is 38.2 Å². The number of unbranched alkanes of at least 4 members (excludes halogenated alkanes) is 1. The summed E-state index contributed by atoms with van der Waals surface area (Å²) in [5, 5.41) is 0. The van der Waals surface area contributed by atoms with Crippen LogP contribution in [0.2, 0.25) is 0 Å². The average Bonchev–Trinajstić information content (AvgIpc) is 3.20. The van der Waals surface area contributed by atoms with Crippen LogP contribution in [-0.4, -0.2) is 43.1 Å². The van der Waals surface area contributed by atoms with Crippen molar-refractivity contribution in [2.24, 2.45) is 11.8 Å². The van der Waals surface area contributed by atoms with Gasteiger partial charge in [0.05, 0.1) is 19.3 Å². The number of fused-ring (bicyclic) bond motifs is 1. The van der Waals surface area contributed by atoms with E-state index < -0.39 is 0 Å². The molecule has 29 heavy (non-hydrogen) atoms. The summed E-state index contributed by atoms with van der Waals surface area (Å²) in [4.78, 5) is 34.8. The molecule has 0 aromatic heterocycles. The first kappa shape index (κ1) is 23.2. The molecule has 6 heteroatoms. The van der Waals surface area contributed by atoms with Crippen molar-refractivity contribution in [3.05, 3.63) is 12.2 Å². The molecule has 0 spiro atoms. The molecule has 160 valence electrons. The average molecular weight is 405 g/mol. The van der Waals surface area contributed by atoms with Crippen molar-refractivity contribution in [1.29, 1.82) is 0 Å². The molecule has 1 aliphatic heterocycles. The monoisotopic (exact) mass is 404 g/mol. The zero-order valence-electron chi connectivity index (χ0n) is 17.6. The third-order valence-electron chi connectivity index (χ3n) is 5.65. The standard InChI is InChI=1S/C23H32O6/c1-4-5-6-9-17(25)12-13-19-20-14-18(10-7-8-11-23(26)27-3)29-22(20)15-21(19)28-16(2)24/h12-13,18-22H,6-11,14-15H2,1-3H3/t18-,19-,20-,21-,22+/m1/s1. The predicted molar refractivity (Wildman–Crippen MR) is 108 cm³/mol. The van der Waals surface area contributed by atoms with Crippen LogP contribution in [0.25, 0.3) is 0 Å². The van der Waals surface area contributed by atoms with Gasteiger partial charge in [-0.15, -0.1) is 11.8 Å². The van der Waals surface area contributed by atoms with Gasteiger partial charge in [0.25, 0.3) is 0 Å². The lowest BCUT2D eigenvalue weighted by Gasteiger charge is -2.21. The van der Waals surface area contributed by atoms with Crippen LogP contribution in [0, 0.1) is 23.7 Å². The van der Waals surface area contributed by atoms with Crippen LogP contribution < -0.4 is 0 Å². The lowest BCUT2D eigenvalue weighted by atomic mass is 9.89. The summed E-state index contributed by atoms with van der Waals surface area (Å²) in [5.41, 5.74) is 0. The van der Waals surface area contributed by atoms with E-state index in [0.29, 0.717) is 25.7 Å². The molecule has 0 N–H and O–H groups in total. The molecule has 1 heterocycles. The Morgan fingerprint density at radius 1 is 1.17 bits per heavy atom. The molecule has 0 radical (unpaired) electrons. The van der Waals surface area contributed by atoms with Crippen LogP contribution in [0.5, 0.6) is 0 Å². The largest absolute Gasteiger partial charge is 0.469 e. The van der Waals surface area contributed by atoms with Crippen LogP contribution in [0.1, 0.15) is 65.2 Å². The van der Waals surface area contributed by atoms with Crippen molar-refractivity contribution in [2.75, 3.05) is 7.11 Å². The van der Waals surface area contributed by atoms with Gasteiger partial charge in [0, 0.05) is 38.5 Å². The number of allylic oxidation sites excluding steroid dienone is 1. The topological polar surface area (TPSA) is 78.9 Å². The van der Waals surface area contributed by atoms with E-state index >= 15 is 0 Å². The van der Waals surface area contributed by atoms with Gasteiger partial charge in [-0.2, -0.15) is 0 Å². The second-order valence-corrected chi connectivity index (χ2v) is 7.73. The lowest BCUT2D eigenvalue weighted by molar-refractivity contribution is -0.148. The summed E-state index contributed by atoms with van der Waals surface area (Å²) in [6.07, 6.45) is 8.98. The third-order valence-corrected chi connectivity index (χ3v) is 5.65. The number of esters is 2. The number of carbonyl (C=O) groups excluding carboxylic acids is 3. The Hall–Kier alpha value is -2.13. The molecule has 0 aromatic rings. The predicted octanol–water partition coefficient (Wildman–Crippen LogP) is 3.37. The summed E-state index contributed by atoms with van der Waals surface area (Å²) in [7, 11) is 1.40. The molecule has 1 aliphatic carbocycles. The van der Waals surface area contributed by atoms with Crippen LogP contribution in [0.15, 0.2) is 12.2 Å². The number of carbonyl (C=O) groups is 3. The van der Waals surface area contributed by atoms with Gasteiger partial charge in [0.15, 0.2) is 5.78 Å². The smallest absolute Gasteiger partial charge is 0.305 e. The van der Waals surface area contributed by atoms with Crippen molar-refractivity contribution >= 4 is 17.7 Å². The fraction of sp³-hybridized carbons (Fsp3) is 0.696. The first-order chi connectivity index (χ1) is 13.9. The van der Waals surface area contributed by atoms with E-state index in [-0.39, 0.29) is 47.9 Å². The van der Waals surface area contributed by atoms with E-state index in [9.17, 15) is 14.4 Å². The van der Waals surface area contributed by atoms with E-state index in [1.54, 1.807) is 13.0 Å². The second-order valence-electron chi connectivity index (χ2n) is 7.73. The minimum atomic E-state index is -0.308. The molecule has 1 saturated heterocycles. The maximum atomic E-state index is 12.1. The fourth-order valence-corrected chi connectivity index (χ4v) is 4.30. The summed E-state index contributed by atoms with van der Waals surface area (Å²) in [6.45, 7) is 3.17. The van der Waals surface area contributed by atoms with Gasteiger partial charge in [-0.3, -0.25) is 14.4 Å². The van der Waals surface area contributed by atoms with E-state index in [1.165, 1.54) is 14.0 Å². The third kappa shape index (κ3) is 7.32. The van der Waals surface area contributed by atoms with Crippen molar-refractivity contribution in [3.63, 3.8) is 0 Å². The molecule has 2 rings (SSSR count). The van der Waals surface area contributed by atoms with Crippen molar-refractivity contribution < 1.29 is 28.6 Å². The molecule has 2 aliphatic rings. The first-order valence-corrected chi connectivity index (χ1v) is 10.4. The number of ketones is 1. The Bertz CT molecular complexity index is 671. The van der Waals surface area contributed by atoms with Gasteiger partial charge in [-0.25, -0.2) is 0 Å². The molecule has 0 unspecified atom stereocenters. The van der Waals surface area contributed by atoms with E-state index in [4.69, 9.17) is 9.47 Å². The molecular formula is C23H32O6. The SMILES string of the molecule is CC#CCCC(=O)C=C[C@@H]1[C@H]2C[C@@H](CCCCC(=O)OC)O[C@H]2C[C@H]1OC(C)=O. The van der Waals surface area contributed by atoms with E-state index in [2.05, 4.69) is 16.6 Å². The Morgan fingerprint density at radius 3 is 2.66 bits per heavy atom. The second kappa shape index (κ2) is 11.8. The van der Waals surface area contributed by atoms with Crippen molar-refractivity contribution in [1.82, 2.24) is 0 Å². The number of hydrogen-bond donors (Lipinski definition) is 0. The molecule has 0 amide bonds. The number of hydrogen-bond acceptors (Lipinski definition) is 6. The van der Waals surface area contributed by atoms with Gasteiger partial charge in [0.2, 0.25) is 0 Å². The molecule has 1 saturated carbocycles. The van der Waals surface area contributed by atoms with Crippen LogP contribution in [0.4, 0.5) is 0 Å². The molecule has 6 nitrogen and oxygen atoms in total. The van der Waals surface area contributed by atoms with E-state index in [0.717, 1.165) is 25.7 Å². The number of methoxy groups -OCH3 is 1. The zero-order chi connectivity index (χ0) is 21.2. The lowest BCUT2D eigenvalue weighted by Crippen LogP contribution is -2.24. The van der Waals surface area contributed by atoms with Crippen molar-refractivity contribution in [2.45, 2.75) is 83.5 Å². The van der Waals surface area contributed by atoms with Gasteiger partial charge in [-0.1, -0.05) is 12.5 Å². The summed E-state index contributed by atoms with van der Waals surface area (Å²) in [6, 6.07) is 0. The highest BCUT2D eigenvalue weighted by molar-refractivity contribution is 5.89. The quantitative estimate of drug-likeness (QED) is 0.240. The van der Waals surface area contributed by atoms with Gasteiger partial charge in [0.1, 0.15) is 6.10 Å². The summed E-state index contributed by atoms with van der Waals surface area (Å²) < 4.78 is 16.4. The fourth-order valence-electron chi connectivity index (χ4n) is 4.30. The van der Waals surface area contributed by atoms with Gasteiger partial charge >= 0.3 is 11.9 Å². The molecular weight excluding hydrogens is 372 g/mol. The molecule has 0 aromatic carbocycles. The molecule has 5 atom stereocenters. The highest BCUT2D eigenvalue weighted by atomic mass is 16.6. The first-order valence-electron chi connectivity index (χ1n) is 10.4. The number of rotatable bonds is 10. The number of ether oxygens (including phenoxy) is 3. The maximum absolute atomic E-state index is 12.1. The Kier molecular flexibility index (Phi) is 9.40. The highest BCUT2D eigenvalue weighted by Gasteiger charge is 2.49. The van der Waals surface area contributed by atoms with Gasteiger partial charge < -0.3 is 14.2 Å².